The fourth-order valence-corrected chi connectivity index (χ4v) is 1.57. The summed E-state index contributed by atoms with van der Waals surface area (Å²) in [6, 6.07) is 1.55. The van der Waals surface area contributed by atoms with Crippen LogP contribution in [0.15, 0.2) is 12.3 Å². The Bertz CT molecular complexity index is 369. The second-order valence-electron chi connectivity index (χ2n) is 4.17. The van der Waals surface area contributed by atoms with E-state index in [-0.39, 0.29) is 5.41 Å². The predicted octanol–water partition coefficient (Wildman–Crippen LogP) is 2.13. The van der Waals surface area contributed by atoms with Gasteiger partial charge in [-0.15, -0.1) is 0 Å². The van der Waals surface area contributed by atoms with Gasteiger partial charge in [0.1, 0.15) is 0 Å². The van der Waals surface area contributed by atoms with E-state index in [0.29, 0.717) is 10.6 Å². The number of amides is 1. The number of hydrogen-bond acceptors (Lipinski definition) is 2. The lowest BCUT2D eigenvalue weighted by Gasteiger charge is -2.19. The molecule has 2 N–H and O–H groups in total. The highest BCUT2D eigenvalue weighted by atomic mass is 35.5. The Morgan fingerprint density at radius 1 is 1.50 bits per heavy atom. The first-order chi connectivity index (χ1) is 6.32. The minimum atomic E-state index is -0.514. The van der Waals surface area contributed by atoms with E-state index in [0.717, 1.165) is 5.69 Å². The van der Waals surface area contributed by atoms with Crippen molar-refractivity contribution >= 4 is 17.5 Å². The summed E-state index contributed by atoms with van der Waals surface area (Å²) in [4.78, 5) is 15.0. The van der Waals surface area contributed by atoms with Crippen molar-refractivity contribution in [2.45, 2.75) is 26.2 Å². The van der Waals surface area contributed by atoms with Gasteiger partial charge in [0.05, 0.1) is 16.3 Å². The van der Waals surface area contributed by atoms with Gasteiger partial charge in [0.2, 0.25) is 5.91 Å². The molecular formula is C10H13ClN2O. The van der Waals surface area contributed by atoms with Crippen LogP contribution in [0.4, 0.5) is 0 Å². The highest BCUT2D eigenvalue weighted by Gasteiger charge is 2.19. The Labute approximate surface area is 88.3 Å². The molecule has 0 aliphatic carbocycles. The van der Waals surface area contributed by atoms with Gasteiger partial charge in [-0.1, -0.05) is 32.4 Å². The molecule has 4 heteroatoms. The highest BCUT2D eigenvalue weighted by molar-refractivity contribution is 6.31. The molecule has 14 heavy (non-hydrogen) atoms. The van der Waals surface area contributed by atoms with Crippen LogP contribution in [0.3, 0.4) is 0 Å². The molecule has 0 radical (unpaired) electrons. The van der Waals surface area contributed by atoms with E-state index in [1.807, 2.05) is 20.8 Å². The van der Waals surface area contributed by atoms with Crippen LogP contribution in [0.2, 0.25) is 5.02 Å². The predicted molar refractivity (Wildman–Crippen MR) is 56.5 cm³/mol. The molecular weight excluding hydrogens is 200 g/mol. The van der Waals surface area contributed by atoms with Crippen molar-refractivity contribution in [2.24, 2.45) is 5.73 Å². The largest absolute Gasteiger partial charge is 0.366 e. The lowest BCUT2D eigenvalue weighted by atomic mass is 9.91. The van der Waals surface area contributed by atoms with Gasteiger partial charge in [0.15, 0.2) is 0 Å². The maximum Gasteiger partial charge on any atom is 0.250 e. The lowest BCUT2D eigenvalue weighted by molar-refractivity contribution is 0.1000. The number of hydrogen-bond donors (Lipinski definition) is 1. The van der Waals surface area contributed by atoms with Crippen molar-refractivity contribution in [2.75, 3.05) is 0 Å². The summed E-state index contributed by atoms with van der Waals surface area (Å²) in [7, 11) is 0. The Balaban J connectivity index is 3.21. The Morgan fingerprint density at radius 3 is 2.43 bits per heavy atom. The van der Waals surface area contributed by atoms with Crippen LogP contribution >= 0.6 is 11.6 Å². The van der Waals surface area contributed by atoms with Gasteiger partial charge in [-0.25, -0.2) is 0 Å². The molecule has 0 aromatic carbocycles. The van der Waals surface area contributed by atoms with Gasteiger partial charge in [0, 0.05) is 11.6 Å². The van der Waals surface area contributed by atoms with E-state index in [1.54, 1.807) is 6.07 Å². The van der Waals surface area contributed by atoms with Crippen molar-refractivity contribution in [3.05, 3.63) is 28.5 Å². The zero-order chi connectivity index (χ0) is 10.9. The topological polar surface area (TPSA) is 56.0 Å². The van der Waals surface area contributed by atoms with Crippen LogP contribution < -0.4 is 5.73 Å². The van der Waals surface area contributed by atoms with Crippen molar-refractivity contribution in [1.29, 1.82) is 0 Å². The summed E-state index contributed by atoms with van der Waals surface area (Å²) in [6.45, 7) is 6.02. The molecule has 0 aliphatic heterocycles. The van der Waals surface area contributed by atoms with Crippen molar-refractivity contribution in [3.8, 4) is 0 Å². The molecule has 0 unspecified atom stereocenters. The SMILES string of the molecule is CC(C)(C)c1ncc(C(N)=O)cc1Cl. The van der Waals surface area contributed by atoms with E-state index in [2.05, 4.69) is 4.98 Å². The van der Waals surface area contributed by atoms with Crippen LogP contribution in [-0.2, 0) is 5.41 Å². The summed E-state index contributed by atoms with van der Waals surface area (Å²) in [5.41, 5.74) is 6.08. The summed E-state index contributed by atoms with van der Waals surface area (Å²) < 4.78 is 0. The van der Waals surface area contributed by atoms with Crippen molar-refractivity contribution < 1.29 is 4.79 Å². The number of carbonyl (C=O) groups is 1. The van der Waals surface area contributed by atoms with Crippen molar-refractivity contribution in [1.82, 2.24) is 4.98 Å². The van der Waals surface area contributed by atoms with E-state index < -0.39 is 5.91 Å². The Kier molecular flexibility index (Phi) is 2.81. The van der Waals surface area contributed by atoms with E-state index in [9.17, 15) is 4.79 Å². The fourth-order valence-electron chi connectivity index (χ4n) is 1.12. The second kappa shape index (κ2) is 3.58. The zero-order valence-electron chi connectivity index (χ0n) is 8.47. The normalized spacial score (nSPS) is 11.4. The molecule has 0 atom stereocenters. The monoisotopic (exact) mass is 212 g/mol. The summed E-state index contributed by atoms with van der Waals surface area (Å²) in [6.07, 6.45) is 1.45. The van der Waals surface area contributed by atoms with E-state index in [4.69, 9.17) is 17.3 Å². The first-order valence-electron chi connectivity index (χ1n) is 4.28. The first-order valence-corrected chi connectivity index (χ1v) is 4.66. The number of pyridine rings is 1. The molecule has 1 aromatic rings. The van der Waals surface area contributed by atoms with Crippen LogP contribution in [-0.4, -0.2) is 10.9 Å². The van der Waals surface area contributed by atoms with Crippen LogP contribution in [0.25, 0.3) is 0 Å². The van der Waals surface area contributed by atoms with E-state index >= 15 is 0 Å². The van der Waals surface area contributed by atoms with Gasteiger partial charge in [0.25, 0.3) is 0 Å². The molecule has 0 fully saturated rings. The van der Waals surface area contributed by atoms with Crippen LogP contribution in [0.1, 0.15) is 36.8 Å². The number of rotatable bonds is 1. The van der Waals surface area contributed by atoms with Gasteiger partial charge >= 0.3 is 0 Å². The van der Waals surface area contributed by atoms with Gasteiger partial charge in [-0.2, -0.15) is 0 Å². The van der Waals surface area contributed by atoms with E-state index in [1.165, 1.54) is 6.20 Å². The average Bonchev–Trinajstić information content (AvgIpc) is 2.01. The molecule has 0 aliphatic rings. The average molecular weight is 213 g/mol. The molecule has 0 saturated carbocycles. The summed E-state index contributed by atoms with van der Waals surface area (Å²) in [5.74, 6) is -0.514. The number of carbonyl (C=O) groups excluding carboxylic acids is 1. The molecule has 0 saturated heterocycles. The zero-order valence-corrected chi connectivity index (χ0v) is 9.22. The molecule has 76 valence electrons. The molecule has 1 aromatic heterocycles. The molecule has 3 nitrogen and oxygen atoms in total. The summed E-state index contributed by atoms with van der Waals surface area (Å²) >= 11 is 5.99. The standard InChI is InChI=1S/C10H13ClN2O/c1-10(2,3)8-7(11)4-6(5-13-8)9(12)14/h4-5H,1-3H3,(H2,12,14). The first kappa shape index (κ1) is 11.0. The maximum absolute atomic E-state index is 10.8. The summed E-state index contributed by atoms with van der Waals surface area (Å²) in [5, 5.41) is 0.480. The minimum Gasteiger partial charge on any atom is -0.366 e. The van der Waals surface area contributed by atoms with Crippen molar-refractivity contribution in [3.63, 3.8) is 0 Å². The third kappa shape index (κ3) is 2.23. The third-order valence-corrected chi connectivity index (χ3v) is 2.12. The quantitative estimate of drug-likeness (QED) is 0.776. The smallest absolute Gasteiger partial charge is 0.250 e. The van der Waals surface area contributed by atoms with Crippen LogP contribution in [0.5, 0.6) is 0 Å². The molecule has 0 bridgehead atoms. The molecule has 1 heterocycles. The second-order valence-corrected chi connectivity index (χ2v) is 4.58. The fraction of sp³-hybridized carbons (Fsp3) is 0.400. The highest BCUT2D eigenvalue weighted by Crippen LogP contribution is 2.27. The molecule has 1 amide bonds. The lowest BCUT2D eigenvalue weighted by Crippen LogP contribution is -2.17. The molecule has 0 spiro atoms. The Hall–Kier alpha value is -1.09. The number of nitrogens with zero attached hydrogens (tertiary/aromatic N) is 1. The van der Waals surface area contributed by atoms with Gasteiger partial charge < -0.3 is 5.73 Å². The number of primary amides is 1. The molecule has 1 rings (SSSR count). The van der Waals surface area contributed by atoms with Gasteiger partial charge in [-0.3, -0.25) is 9.78 Å². The number of halogens is 1. The third-order valence-electron chi connectivity index (χ3n) is 1.84. The number of aromatic nitrogens is 1. The minimum absolute atomic E-state index is 0.132. The van der Waals surface area contributed by atoms with Crippen LogP contribution in [0, 0.1) is 0 Å². The number of nitrogens with two attached hydrogens (primary N) is 1. The van der Waals surface area contributed by atoms with Gasteiger partial charge in [-0.05, 0) is 6.07 Å². The maximum atomic E-state index is 10.8. The Morgan fingerprint density at radius 2 is 2.07 bits per heavy atom.